The van der Waals surface area contributed by atoms with E-state index in [2.05, 4.69) is 30.6 Å². The van der Waals surface area contributed by atoms with Crippen LogP contribution in [0.15, 0.2) is 49.1 Å². The highest BCUT2D eigenvalue weighted by Crippen LogP contribution is 2.15. The summed E-state index contributed by atoms with van der Waals surface area (Å²) in [6.07, 6.45) is 6.80. The summed E-state index contributed by atoms with van der Waals surface area (Å²) in [5.41, 5.74) is 3.01. The van der Waals surface area contributed by atoms with Crippen molar-refractivity contribution in [3.63, 3.8) is 0 Å². The minimum Gasteiger partial charge on any atom is -0.305 e. The predicted octanol–water partition coefficient (Wildman–Crippen LogP) is 2.16. The molecule has 1 amide bonds. The van der Waals surface area contributed by atoms with Crippen molar-refractivity contribution >= 4 is 22.8 Å². The largest absolute Gasteiger partial charge is 0.305 e. The summed E-state index contributed by atoms with van der Waals surface area (Å²) in [6.45, 7) is 2.50. The van der Waals surface area contributed by atoms with E-state index in [1.165, 1.54) is 6.20 Å². The zero-order valence-corrected chi connectivity index (χ0v) is 13.5. The highest BCUT2D eigenvalue weighted by molar-refractivity contribution is 6.05. The second kappa shape index (κ2) is 6.16. The van der Waals surface area contributed by atoms with Crippen LogP contribution < -0.4 is 5.32 Å². The maximum absolute atomic E-state index is 12.4. The first-order valence-electron chi connectivity index (χ1n) is 7.73. The summed E-state index contributed by atoms with van der Waals surface area (Å²) >= 11 is 0. The lowest BCUT2D eigenvalue weighted by atomic mass is 10.2. The third-order valence-electron chi connectivity index (χ3n) is 3.84. The molecule has 0 aromatic carbocycles. The predicted molar refractivity (Wildman–Crippen MR) is 92.1 cm³/mol. The van der Waals surface area contributed by atoms with Gasteiger partial charge in [-0.15, -0.1) is 0 Å². The number of aromatic amines is 1. The maximum Gasteiger partial charge on any atom is 0.258 e. The lowest BCUT2D eigenvalue weighted by molar-refractivity contribution is 0.102. The molecule has 4 heterocycles. The molecule has 0 radical (unpaired) electrons. The minimum atomic E-state index is -0.260. The average molecular weight is 333 g/mol. The van der Waals surface area contributed by atoms with Gasteiger partial charge in [0, 0.05) is 41.9 Å². The quantitative estimate of drug-likeness (QED) is 0.596. The Hall–Kier alpha value is -3.55. The number of rotatable bonds is 4. The van der Waals surface area contributed by atoms with Crippen LogP contribution in [0.2, 0.25) is 0 Å². The fraction of sp³-hybridized carbons (Fsp3) is 0.118. The van der Waals surface area contributed by atoms with Gasteiger partial charge in [0.05, 0.1) is 12.1 Å². The molecule has 0 fully saturated rings. The highest BCUT2D eigenvalue weighted by Gasteiger charge is 2.11. The molecule has 0 aliphatic carbocycles. The molecule has 0 spiro atoms. The van der Waals surface area contributed by atoms with Crippen molar-refractivity contribution in [2.24, 2.45) is 0 Å². The molecule has 0 saturated heterocycles. The van der Waals surface area contributed by atoms with Crippen molar-refractivity contribution in [1.29, 1.82) is 0 Å². The molecule has 8 heteroatoms. The number of H-pyrrole nitrogens is 1. The third kappa shape index (κ3) is 3.09. The molecule has 8 nitrogen and oxygen atoms in total. The van der Waals surface area contributed by atoms with Gasteiger partial charge in [-0.25, -0.2) is 4.98 Å². The standard InChI is InChI=1S/C17H15N7O/c1-11-14-8-13(9-19-16(14)22-21-11)17(25)20-15-4-7-24(23-15)10-12-2-5-18-6-3-12/h2-9H,10H2,1H3,(H,19,21,22)(H,20,23,25). The van der Waals surface area contributed by atoms with Gasteiger partial charge in [-0.2, -0.15) is 10.2 Å². The Balaban J connectivity index is 1.49. The number of fused-ring (bicyclic) bond motifs is 1. The van der Waals surface area contributed by atoms with Gasteiger partial charge in [0.15, 0.2) is 11.5 Å². The van der Waals surface area contributed by atoms with Crippen LogP contribution in [-0.2, 0) is 6.54 Å². The molecular weight excluding hydrogens is 318 g/mol. The van der Waals surface area contributed by atoms with Gasteiger partial charge in [-0.3, -0.25) is 19.6 Å². The number of hydrogen-bond donors (Lipinski definition) is 2. The number of anilines is 1. The summed E-state index contributed by atoms with van der Waals surface area (Å²) < 4.78 is 1.76. The summed E-state index contributed by atoms with van der Waals surface area (Å²) in [7, 11) is 0. The number of carbonyl (C=O) groups is 1. The molecular formula is C17H15N7O. The van der Waals surface area contributed by atoms with E-state index in [1.54, 1.807) is 29.2 Å². The van der Waals surface area contributed by atoms with Crippen LogP contribution in [0, 0.1) is 6.92 Å². The molecule has 0 aliphatic rings. The van der Waals surface area contributed by atoms with E-state index in [9.17, 15) is 4.79 Å². The molecule has 25 heavy (non-hydrogen) atoms. The van der Waals surface area contributed by atoms with E-state index in [0.717, 1.165) is 16.6 Å². The van der Waals surface area contributed by atoms with Gasteiger partial charge in [-0.1, -0.05) is 0 Å². The van der Waals surface area contributed by atoms with Crippen molar-refractivity contribution in [3.8, 4) is 0 Å². The number of pyridine rings is 2. The molecule has 4 aromatic heterocycles. The Morgan fingerprint density at radius 2 is 2.12 bits per heavy atom. The first-order valence-corrected chi connectivity index (χ1v) is 7.73. The zero-order chi connectivity index (χ0) is 17.2. The Labute approximate surface area is 142 Å². The Morgan fingerprint density at radius 3 is 2.96 bits per heavy atom. The van der Waals surface area contributed by atoms with E-state index >= 15 is 0 Å². The molecule has 2 N–H and O–H groups in total. The van der Waals surface area contributed by atoms with E-state index in [-0.39, 0.29) is 5.91 Å². The molecule has 4 rings (SSSR count). The molecule has 124 valence electrons. The van der Waals surface area contributed by atoms with Gasteiger partial charge in [0.2, 0.25) is 0 Å². The fourth-order valence-electron chi connectivity index (χ4n) is 2.52. The topological polar surface area (TPSA) is 101 Å². The fourth-order valence-corrected chi connectivity index (χ4v) is 2.52. The zero-order valence-electron chi connectivity index (χ0n) is 13.5. The lowest BCUT2D eigenvalue weighted by Gasteiger charge is -2.03. The summed E-state index contributed by atoms with van der Waals surface area (Å²) in [5.74, 6) is 0.229. The SMILES string of the molecule is Cc1[nH]nc2ncc(C(=O)Nc3ccn(Cc4ccncc4)n3)cc12. The maximum atomic E-state index is 12.4. The van der Waals surface area contributed by atoms with Crippen molar-refractivity contribution in [2.45, 2.75) is 13.5 Å². The second-order valence-corrected chi connectivity index (χ2v) is 5.65. The molecule has 0 atom stereocenters. The monoisotopic (exact) mass is 333 g/mol. The third-order valence-corrected chi connectivity index (χ3v) is 3.84. The Kier molecular flexibility index (Phi) is 3.70. The summed E-state index contributed by atoms with van der Waals surface area (Å²) in [4.78, 5) is 20.6. The van der Waals surface area contributed by atoms with Crippen molar-refractivity contribution in [2.75, 3.05) is 5.32 Å². The number of aromatic nitrogens is 6. The summed E-state index contributed by atoms with van der Waals surface area (Å²) in [5, 5.41) is 14.9. The highest BCUT2D eigenvalue weighted by atomic mass is 16.1. The Bertz CT molecular complexity index is 1040. The molecule has 0 saturated carbocycles. The number of amides is 1. The van der Waals surface area contributed by atoms with Gasteiger partial charge in [0.1, 0.15) is 0 Å². The number of carbonyl (C=O) groups excluding carboxylic acids is 1. The molecule has 0 aliphatic heterocycles. The minimum absolute atomic E-state index is 0.260. The van der Waals surface area contributed by atoms with Crippen LogP contribution in [0.5, 0.6) is 0 Å². The smallest absolute Gasteiger partial charge is 0.258 e. The van der Waals surface area contributed by atoms with Crippen LogP contribution in [0.1, 0.15) is 21.6 Å². The van der Waals surface area contributed by atoms with E-state index in [0.29, 0.717) is 23.6 Å². The van der Waals surface area contributed by atoms with Gasteiger partial charge in [0.25, 0.3) is 5.91 Å². The normalized spacial score (nSPS) is 10.9. The van der Waals surface area contributed by atoms with E-state index in [1.807, 2.05) is 25.3 Å². The summed E-state index contributed by atoms with van der Waals surface area (Å²) in [6, 6.07) is 7.38. The van der Waals surface area contributed by atoms with E-state index < -0.39 is 0 Å². The number of nitrogens with one attached hydrogen (secondary N) is 2. The Morgan fingerprint density at radius 1 is 1.28 bits per heavy atom. The van der Waals surface area contributed by atoms with Crippen molar-refractivity contribution in [1.82, 2.24) is 29.9 Å². The van der Waals surface area contributed by atoms with Crippen LogP contribution in [0.3, 0.4) is 0 Å². The average Bonchev–Trinajstić information content (AvgIpc) is 3.22. The van der Waals surface area contributed by atoms with Crippen LogP contribution in [0.25, 0.3) is 11.0 Å². The number of aryl methyl sites for hydroxylation is 1. The van der Waals surface area contributed by atoms with Crippen molar-refractivity contribution < 1.29 is 4.79 Å². The van der Waals surface area contributed by atoms with Crippen molar-refractivity contribution in [3.05, 3.63) is 65.9 Å². The van der Waals surface area contributed by atoms with Crippen LogP contribution in [-0.4, -0.2) is 35.9 Å². The van der Waals surface area contributed by atoms with Gasteiger partial charge >= 0.3 is 0 Å². The van der Waals surface area contributed by atoms with Crippen LogP contribution >= 0.6 is 0 Å². The molecule has 0 unspecified atom stereocenters. The lowest BCUT2D eigenvalue weighted by Crippen LogP contribution is -2.13. The molecule has 4 aromatic rings. The molecule has 0 bridgehead atoms. The first kappa shape index (κ1) is 15.0. The first-order chi connectivity index (χ1) is 12.2. The second-order valence-electron chi connectivity index (χ2n) is 5.65. The van der Waals surface area contributed by atoms with Gasteiger partial charge < -0.3 is 5.32 Å². The van der Waals surface area contributed by atoms with Crippen LogP contribution in [0.4, 0.5) is 5.82 Å². The number of hydrogen-bond acceptors (Lipinski definition) is 5. The van der Waals surface area contributed by atoms with E-state index in [4.69, 9.17) is 0 Å². The number of nitrogens with zero attached hydrogens (tertiary/aromatic N) is 5. The van der Waals surface area contributed by atoms with Gasteiger partial charge in [-0.05, 0) is 30.7 Å².